The van der Waals surface area contributed by atoms with E-state index in [9.17, 15) is 13.5 Å². The zero-order valence-electron chi connectivity index (χ0n) is 14.3. The Morgan fingerprint density at radius 3 is 2.08 bits per heavy atom. The van der Waals surface area contributed by atoms with Gasteiger partial charge in [-0.2, -0.15) is 0 Å². The fourth-order valence-electron chi connectivity index (χ4n) is 2.44. The molecule has 2 aromatic carbocycles. The average molecular weight is 348 g/mol. The van der Waals surface area contributed by atoms with Crippen molar-refractivity contribution < 1.29 is 13.5 Å². The molecular formula is C18H24N2O3S. The average Bonchev–Trinajstić information content (AvgIpc) is 2.54. The molecule has 0 aliphatic carbocycles. The van der Waals surface area contributed by atoms with Crippen LogP contribution in [0.4, 0.5) is 5.69 Å². The number of anilines is 1. The molecule has 1 N–H and O–H groups in total. The van der Waals surface area contributed by atoms with Crippen LogP contribution in [0.25, 0.3) is 0 Å². The number of hydrogen-bond acceptors (Lipinski definition) is 4. The highest BCUT2D eigenvalue weighted by Crippen LogP contribution is 2.24. The first-order valence-electron chi connectivity index (χ1n) is 7.78. The van der Waals surface area contributed by atoms with Crippen LogP contribution in [0.1, 0.15) is 5.56 Å². The minimum absolute atomic E-state index is 0.00152. The molecule has 6 heteroatoms. The van der Waals surface area contributed by atoms with E-state index >= 15 is 0 Å². The Labute approximate surface area is 144 Å². The molecule has 0 aliphatic rings. The molecule has 0 bridgehead atoms. The molecule has 2 rings (SSSR count). The van der Waals surface area contributed by atoms with Gasteiger partial charge in [-0.05, 0) is 45.3 Å². The highest BCUT2D eigenvalue weighted by atomic mass is 32.2. The fourth-order valence-corrected chi connectivity index (χ4v) is 3.97. The highest BCUT2D eigenvalue weighted by Gasteiger charge is 2.27. The molecule has 0 fully saturated rings. The number of aliphatic hydroxyl groups excluding tert-OH is 1. The third-order valence-electron chi connectivity index (χ3n) is 3.61. The van der Waals surface area contributed by atoms with Crippen molar-refractivity contribution in [2.45, 2.75) is 17.9 Å². The van der Waals surface area contributed by atoms with Gasteiger partial charge in [0.1, 0.15) is 0 Å². The summed E-state index contributed by atoms with van der Waals surface area (Å²) in [5, 5.41) is 10.3. The molecule has 0 aliphatic heterocycles. The van der Waals surface area contributed by atoms with Crippen molar-refractivity contribution in [2.24, 2.45) is 0 Å². The topological polar surface area (TPSA) is 60.9 Å². The van der Waals surface area contributed by atoms with E-state index in [1.54, 1.807) is 42.5 Å². The SMILES string of the molecule is Cc1ccc(N(C[C@@H](O)CN(C)C)S(=O)(=O)c2ccccc2)cc1. The van der Waals surface area contributed by atoms with Crippen LogP contribution in [0, 0.1) is 6.92 Å². The number of likely N-dealkylation sites (N-methyl/N-ethyl adjacent to an activating group) is 1. The second-order valence-corrected chi connectivity index (χ2v) is 7.96. The second-order valence-electron chi connectivity index (χ2n) is 6.10. The molecule has 0 saturated heterocycles. The summed E-state index contributed by atoms with van der Waals surface area (Å²) < 4.78 is 27.4. The van der Waals surface area contributed by atoms with Crippen LogP contribution in [0.5, 0.6) is 0 Å². The van der Waals surface area contributed by atoms with Gasteiger partial charge < -0.3 is 10.0 Å². The Morgan fingerprint density at radius 1 is 0.958 bits per heavy atom. The highest BCUT2D eigenvalue weighted by molar-refractivity contribution is 7.92. The molecule has 5 nitrogen and oxygen atoms in total. The van der Waals surface area contributed by atoms with Crippen molar-refractivity contribution in [1.82, 2.24) is 4.90 Å². The van der Waals surface area contributed by atoms with E-state index in [0.29, 0.717) is 12.2 Å². The van der Waals surface area contributed by atoms with Gasteiger partial charge in [0.15, 0.2) is 0 Å². The molecule has 1 atom stereocenters. The van der Waals surface area contributed by atoms with E-state index < -0.39 is 16.1 Å². The van der Waals surface area contributed by atoms with E-state index in [2.05, 4.69) is 0 Å². The van der Waals surface area contributed by atoms with Crippen LogP contribution in [0.3, 0.4) is 0 Å². The number of aryl methyl sites for hydroxylation is 1. The summed E-state index contributed by atoms with van der Waals surface area (Å²) in [5.41, 5.74) is 1.59. The Morgan fingerprint density at radius 2 is 1.54 bits per heavy atom. The Balaban J connectivity index is 2.40. The van der Waals surface area contributed by atoms with Crippen molar-refractivity contribution in [1.29, 1.82) is 0 Å². The lowest BCUT2D eigenvalue weighted by Gasteiger charge is -2.28. The largest absolute Gasteiger partial charge is 0.390 e. The Kier molecular flexibility index (Phi) is 5.99. The lowest BCUT2D eigenvalue weighted by atomic mass is 10.2. The van der Waals surface area contributed by atoms with Crippen LogP contribution in [-0.2, 0) is 10.0 Å². The lowest BCUT2D eigenvalue weighted by Crippen LogP contribution is -2.41. The molecule has 0 spiro atoms. The first kappa shape index (κ1) is 18.4. The van der Waals surface area contributed by atoms with Crippen LogP contribution in [0.2, 0.25) is 0 Å². The molecule has 0 saturated carbocycles. The zero-order valence-corrected chi connectivity index (χ0v) is 15.1. The second kappa shape index (κ2) is 7.79. The number of nitrogens with zero attached hydrogens (tertiary/aromatic N) is 2. The van der Waals surface area contributed by atoms with Crippen LogP contribution >= 0.6 is 0 Å². The summed E-state index contributed by atoms with van der Waals surface area (Å²) in [7, 11) is -0.0662. The Bertz CT molecular complexity index is 744. The molecule has 130 valence electrons. The first-order valence-corrected chi connectivity index (χ1v) is 9.22. The number of sulfonamides is 1. The van der Waals surface area contributed by atoms with Crippen molar-refractivity contribution in [3.8, 4) is 0 Å². The molecule has 24 heavy (non-hydrogen) atoms. The monoisotopic (exact) mass is 348 g/mol. The summed E-state index contributed by atoms with van der Waals surface area (Å²) in [6.07, 6.45) is -0.792. The van der Waals surface area contributed by atoms with Gasteiger partial charge in [0.05, 0.1) is 23.2 Å². The molecule has 0 unspecified atom stereocenters. The molecule has 0 aromatic heterocycles. The van der Waals surface area contributed by atoms with Gasteiger partial charge in [-0.3, -0.25) is 4.31 Å². The smallest absolute Gasteiger partial charge is 0.264 e. The molecule has 2 aromatic rings. The van der Waals surface area contributed by atoms with E-state index in [0.717, 1.165) is 5.56 Å². The third-order valence-corrected chi connectivity index (χ3v) is 5.41. The maximum absolute atomic E-state index is 13.0. The van der Waals surface area contributed by atoms with E-state index in [-0.39, 0.29) is 11.4 Å². The predicted molar refractivity (Wildman–Crippen MR) is 96.7 cm³/mol. The lowest BCUT2D eigenvalue weighted by molar-refractivity contribution is 0.145. The maximum Gasteiger partial charge on any atom is 0.264 e. The van der Waals surface area contributed by atoms with Gasteiger partial charge in [0, 0.05) is 6.54 Å². The minimum Gasteiger partial charge on any atom is -0.390 e. The van der Waals surface area contributed by atoms with E-state index in [1.807, 2.05) is 38.1 Å². The van der Waals surface area contributed by atoms with Crippen molar-refractivity contribution in [3.63, 3.8) is 0 Å². The van der Waals surface area contributed by atoms with E-state index in [1.165, 1.54) is 4.31 Å². The van der Waals surface area contributed by atoms with Crippen LogP contribution < -0.4 is 4.31 Å². The van der Waals surface area contributed by atoms with Crippen molar-refractivity contribution in [2.75, 3.05) is 31.5 Å². The van der Waals surface area contributed by atoms with E-state index in [4.69, 9.17) is 0 Å². The molecule has 0 radical (unpaired) electrons. The third kappa shape index (κ3) is 4.56. The van der Waals surface area contributed by atoms with Gasteiger partial charge in [-0.25, -0.2) is 8.42 Å². The summed E-state index contributed by atoms with van der Waals surface area (Å²) >= 11 is 0. The summed E-state index contributed by atoms with van der Waals surface area (Å²) in [6.45, 7) is 2.33. The minimum atomic E-state index is -3.74. The number of aliphatic hydroxyl groups is 1. The number of hydrogen-bond donors (Lipinski definition) is 1. The summed E-state index contributed by atoms with van der Waals surface area (Å²) in [4.78, 5) is 2.04. The number of rotatable bonds is 7. The van der Waals surface area contributed by atoms with Gasteiger partial charge in [0.2, 0.25) is 0 Å². The predicted octanol–water partition coefficient (Wildman–Crippen LogP) is 2.11. The summed E-state index contributed by atoms with van der Waals surface area (Å²) in [6, 6.07) is 15.5. The summed E-state index contributed by atoms with van der Waals surface area (Å²) in [5.74, 6) is 0. The Hall–Kier alpha value is -1.89. The first-order chi connectivity index (χ1) is 11.3. The zero-order chi connectivity index (χ0) is 17.7. The van der Waals surface area contributed by atoms with Crippen LogP contribution in [-0.4, -0.2) is 51.7 Å². The van der Waals surface area contributed by atoms with Gasteiger partial charge in [0.25, 0.3) is 10.0 Å². The van der Waals surface area contributed by atoms with Crippen molar-refractivity contribution in [3.05, 3.63) is 60.2 Å². The molecule has 0 amide bonds. The number of benzene rings is 2. The molecular weight excluding hydrogens is 324 g/mol. The van der Waals surface area contributed by atoms with Gasteiger partial charge in [-0.15, -0.1) is 0 Å². The fraction of sp³-hybridized carbons (Fsp3) is 0.333. The normalized spacial score (nSPS) is 13.0. The van der Waals surface area contributed by atoms with Crippen LogP contribution in [0.15, 0.2) is 59.5 Å². The quantitative estimate of drug-likeness (QED) is 0.832. The van der Waals surface area contributed by atoms with Gasteiger partial charge in [-0.1, -0.05) is 35.9 Å². The molecule has 0 heterocycles. The standard InChI is InChI=1S/C18H24N2O3S/c1-15-9-11-16(12-10-15)20(14-17(21)13-19(2)3)24(22,23)18-7-5-4-6-8-18/h4-12,17,21H,13-14H2,1-3H3/t17-/m0/s1. The van der Waals surface area contributed by atoms with Crippen molar-refractivity contribution >= 4 is 15.7 Å². The van der Waals surface area contributed by atoms with Gasteiger partial charge >= 0.3 is 0 Å². The maximum atomic E-state index is 13.0.